The molecule has 1 aromatic carbocycles. The molecule has 134 valence electrons. The SMILES string of the molecule is NC(=O)C(NC(=O)NCc1ccc(N2CCCCC2=O)cc1)C(N)=O. The normalized spacial score (nSPS) is 14.3. The monoisotopic (exact) mass is 347 g/mol. The van der Waals surface area contributed by atoms with E-state index in [-0.39, 0.29) is 12.5 Å². The van der Waals surface area contributed by atoms with Crippen molar-refractivity contribution in [3.8, 4) is 0 Å². The first-order valence-electron chi connectivity index (χ1n) is 7.91. The summed E-state index contributed by atoms with van der Waals surface area (Å²) in [5.41, 5.74) is 11.6. The van der Waals surface area contributed by atoms with Gasteiger partial charge in [-0.25, -0.2) is 4.79 Å². The summed E-state index contributed by atoms with van der Waals surface area (Å²) >= 11 is 0. The fourth-order valence-corrected chi connectivity index (χ4v) is 2.52. The molecule has 5 amide bonds. The molecule has 0 spiro atoms. The Morgan fingerprint density at radius 2 is 1.72 bits per heavy atom. The number of rotatable bonds is 6. The molecule has 1 aromatic rings. The fourth-order valence-electron chi connectivity index (χ4n) is 2.52. The van der Waals surface area contributed by atoms with Crippen LogP contribution in [0.3, 0.4) is 0 Å². The average molecular weight is 347 g/mol. The average Bonchev–Trinajstić information content (AvgIpc) is 2.58. The number of amides is 5. The van der Waals surface area contributed by atoms with Gasteiger partial charge in [0.1, 0.15) is 0 Å². The van der Waals surface area contributed by atoms with Gasteiger partial charge in [-0.3, -0.25) is 14.4 Å². The van der Waals surface area contributed by atoms with E-state index in [1.165, 1.54) is 0 Å². The largest absolute Gasteiger partial charge is 0.367 e. The Balaban J connectivity index is 1.89. The van der Waals surface area contributed by atoms with Gasteiger partial charge in [-0.1, -0.05) is 12.1 Å². The van der Waals surface area contributed by atoms with E-state index in [1.807, 2.05) is 12.1 Å². The highest BCUT2D eigenvalue weighted by Crippen LogP contribution is 2.21. The van der Waals surface area contributed by atoms with Crippen LogP contribution in [0.2, 0.25) is 0 Å². The minimum absolute atomic E-state index is 0.112. The van der Waals surface area contributed by atoms with Gasteiger partial charge in [-0.2, -0.15) is 0 Å². The second-order valence-electron chi connectivity index (χ2n) is 5.73. The van der Waals surface area contributed by atoms with E-state index < -0.39 is 23.9 Å². The van der Waals surface area contributed by atoms with Gasteiger partial charge >= 0.3 is 6.03 Å². The molecule has 0 radical (unpaired) electrons. The van der Waals surface area contributed by atoms with Crippen molar-refractivity contribution in [2.45, 2.75) is 31.8 Å². The van der Waals surface area contributed by atoms with Crippen LogP contribution in [0.4, 0.5) is 10.5 Å². The summed E-state index contributed by atoms with van der Waals surface area (Å²) in [7, 11) is 0. The van der Waals surface area contributed by atoms with Gasteiger partial charge in [-0.15, -0.1) is 0 Å². The van der Waals surface area contributed by atoms with E-state index in [0.717, 1.165) is 24.1 Å². The highest BCUT2D eigenvalue weighted by atomic mass is 16.2. The zero-order valence-electron chi connectivity index (χ0n) is 13.7. The Hall–Kier alpha value is -3.10. The van der Waals surface area contributed by atoms with Crippen LogP contribution in [-0.4, -0.2) is 36.3 Å². The van der Waals surface area contributed by atoms with Crippen LogP contribution in [0, 0.1) is 0 Å². The quantitative estimate of drug-likeness (QED) is 0.506. The Morgan fingerprint density at radius 3 is 2.28 bits per heavy atom. The topological polar surface area (TPSA) is 148 Å². The van der Waals surface area contributed by atoms with Gasteiger partial charge in [0.25, 0.3) is 0 Å². The van der Waals surface area contributed by atoms with Crippen molar-refractivity contribution >= 4 is 29.4 Å². The van der Waals surface area contributed by atoms with E-state index in [4.69, 9.17) is 11.5 Å². The highest BCUT2D eigenvalue weighted by molar-refractivity contribution is 6.05. The first kappa shape index (κ1) is 18.2. The fraction of sp³-hybridized carbons (Fsp3) is 0.375. The van der Waals surface area contributed by atoms with Crippen LogP contribution in [0.15, 0.2) is 24.3 Å². The van der Waals surface area contributed by atoms with Gasteiger partial charge in [0.2, 0.25) is 17.7 Å². The number of carbonyl (C=O) groups is 4. The van der Waals surface area contributed by atoms with Gasteiger partial charge in [0, 0.05) is 25.2 Å². The van der Waals surface area contributed by atoms with Crippen LogP contribution in [0.1, 0.15) is 24.8 Å². The molecule has 0 atom stereocenters. The van der Waals surface area contributed by atoms with Crippen molar-refractivity contribution in [3.05, 3.63) is 29.8 Å². The lowest BCUT2D eigenvalue weighted by Gasteiger charge is -2.26. The summed E-state index contributed by atoms with van der Waals surface area (Å²) in [6, 6.07) is 4.90. The summed E-state index contributed by atoms with van der Waals surface area (Å²) in [6.07, 6.45) is 2.46. The van der Waals surface area contributed by atoms with E-state index in [9.17, 15) is 19.2 Å². The number of benzene rings is 1. The summed E-state index contributed by atoms with van der Waals surface area (Å²) in [5.74, 6) is -1.95. The van der Waals surface area contributed by atoms with Crippen molar-refractivity contribution in [1.82, 2.24) is 10.6 Å². The molecule has 1 heterocycles. The third-order valence-electron chi connectivity index (χ3n) is 3.87. The van der Waals surface area contributed by atoms with Crippen LogP contribution in [-0.2, 0) is 20.9 Å². The molecular formula is C16H21N5O4. The van der Waals surface area contributed by atoms with Gasteiger partial charge < -0.3 is 27.0 Å². The molecule has 0 aromatic heterocycles. The van der Waals surface area contributed by atoms with E-state index in [1.54, 1.807) is 17.0 Å². The molecule has 2 rings (SSSR count). The smallest absolute Gasteiger partial charge is 0.316 e. The van der Waals surface area contributed by atoms with Gasteiger partial charge in [-0.05, 0) is 30.5 Å². The standard InChI is InChI=1S/C16H21N5O4/c17-14(23)13(15(18)24)20-16(25)19-9-10-4-6-11(7-5-10)21-8-2-1-3-12(21)22/h4-7,13H,1-3,8-9H2,(H2,17,23)(H2,18,24)(H2,19,20,25). The minimum Gasteiger partial charge on any atom is -0.367 e. The Bertz CT molecular complexity index is 660. The van der Waals surface area contributed by atoms with Crippen molar-refractivity contribution in [1.29, 1.82) is 0 Å². The number of hydrogen-bond acceptors (Lipinski definition) is 4. The van der Waals surface area contributed by atoms with Gasteiger partial charge in [0.15, 0.2) is 6.04 Å². The number of primary amides is 2. The molecule has 0 unspecified atom stereocenters. The number of nitrogens with one attached hydrogen (secondary N) is 2. The lowest BCUT2D eigenvalue weighted by atomic mass is 10.1. The molecule has 6 N–H and O–H groups in total. The van der Waals surface area contributed by atoms with E-state index >= 15 is 0 Å². The molecule has 1 fully saturated rings. The van der Waals surface area contributed by atoms with Gasteiger partial charge in [0.05, 0.1) is 0 Å². The molecular weight excluding hydrogens is 326 g/mol. The number of nitrogens with two attached hydrogens (primary N) is 2. The molecule has 9 heteroatoms. The van der Waals surface area contributed by atoms with E-state index in [2.05, 4.69) is 10.6 Å². The van der Waals surface area contributed by atoms with Crippen LogP contribution < -0.4 is 27.0 Å². The second-order valence-corrected chi connectivity index (χ2v) is 5.73. The molecule has 1 saturated heterocycles. The second kappa shape index (κ2) is 8.13. The Kier molecular flexibility index (Phi) is 5.93. The zero-order valence-corrected chi connectivity index (χ0v) is 13.7. The maximum atomic E-state index is 11.9. The molecule has 9 nitrogen and oxygen atoms in total. The van der Waals surface area contributed by atoms with Crippen LogP contribution >= 0.6 is 0 Å². The van der Waals surface area contributed by atoms with Crippen LogP contribution in [0.25, 0.3) is 0 Å². The van der Waals surface area contributed by atoms with Crippen molar-refractivity contribution in [2.75, 3.05) is 11.4 Å². The maximum Gasteiger partial charge on any atom is 0.316 e. The number of nitrogens with zero attached hydrogens (tertiary/aromatic N) is 1. The van der Waals surface area contributed by atoms with Crippen molar-refractivity contribution in [2.24, 2.45) is 11.5 Å². The minimum atomic E-state index is -1.56. The van der Waals surface area contributed by atoms with Crippen molar-refractivity contribution < 1.29 is 19.2 Å². The number of hydrogen-bond donors (Lipinski definition) is 4. The summed E-state index contributed by atoms with van der Waals surface area (Å²) < 4.78 is 0. The molecule has 25 heavy (non-hydrogen) atoms. The summed E-state index contributed by atoms with van der Waals surface area (Å²) in [5, 5.41) is 4.60. The first-order valence-corrected chi connectivity index (χ1v) is 7.91. The number of carbonyl (C=O) groups excluding carboxylic acids is 4. The Morgan fingerprint density at radius 1 is 1.08 bits per heavy atom. The molecule has 1 aliphatic heterocycles. The lowest BCUT2D eigenvalue weighted by Crippen LogP contribution is -2.54. The third kappa shape index (κ3) is 4.93. The molecule has 0 bridgehead atoms. The summed E-state index contributed by atoms with van der Waals surface area (Å²) in [6.45, 7) is 0.880. The summed E-state index contributed by atoms with van der Waals surface area (Å²) in [4.78, 5) is 47.4. The van der Waals surface area contributed by atoms with Crippen molar-refractivity contribution in [3.63, 3.8) is 0 Å². The predicted molar refractivity (Wildman–Crippen MR) is 90.2 cm³/mol. The van der Waals surface area contributed by atoms with Crippen LogP contribution in [0.5, 0.6) is 0 Å². The molecule has 1 aliphatic rings. The zero-order chi connectivity index (χ0) is 18.4. The maximum absolute atomic E-state index is 11.9. The predicted octanol–water partition coefficient (Wildman–Crippen LogP) is -0.658. The Labute approximate surface area is 144 Å². The third-order valence-corrected chi connectivity index (χ3v) is 3.87. The molecule has 0 aliphatic carbocycles. The number of piperidine rings is 1. The van der Waals surface area contributed by atoms with E-state index in [0.29, 0.717) is 13.0 Å². The number of anilines is 1. The number of urea groups is 1. The first-order chi connectivity index (χ1) is 11.9. The molecule has 0 saturated carbocycles. The highest BCUT2D eigenvalue weighted by Gasteiger charge is 2.23. The lowest BCUT2D eigenvalue weighted by molar-refractivity contribution is -0.128.